The molecule has 12 heavy (non-hydrogen) atoms. The van der Waals surface area contributed by atoms with Crippen LogP contribution in [0.15, 0.2) is 6.07 Å². The second-order valence-corrected chi connectivity index (χ2v) is 5.01. The third-order valence-corrected chi connectivity index (χ3v) is 3.28. The van der Waals surface area contributed by atoms with Crippen LogP contribution in [0.2, 0.25) is 0 Å². The lowest BCUT2D eigenvalue weighted by molar-refractivity contribution is 0.470. The Bertz CT molecular complexity index is 273. The number of nitrogens with two attached hydrogens (primary N) is 1. The molecule has 0 radical (unpaired) electrons. The Morgan fingerprint density at radius 3 is 2.33 bits per heavy atom. The Morgan fingerprint density at radius 1 is 1.50 bits per heavy atom. The molecule has 0 bridgehead atoms. The van der Waals surface area contributed by atoms with Crippen LogP contribution in [0, 0.1) is 0 Å². The number of rotatable bonds is 1. The van der Waals surface area contributed by atoms with Crippen LogP contribution in [0.1, 0.15) is 30.5 Å². The third-order valence-electron chi connectivity index (χ3n) is 1.71. The van der Waals surface area contributed by atoms with E-state index in [4.69, 9.17) is 5.73 Å². The molecular weight excluding hydrogens is 170 g/mol. The number of aromatic hydroxyl groups is 1. The smallest absolute Gasteiger partial charge is 0.131 e. The van der Waals surface area contributed by atoms with Crippen molar-refractivity contribution >= 4 is 11.3 Å². The highest BCUT2D eigenvalue weighted by atomic mass is 32.1. The summed E-state index contributed by atoms with van der Waals surface area (Å²) in [6.07, 6.45) is 0. The Kier molecular flexibility index (Phi) is 2.44. The molecule has 2 nitrogen and oxygen atoms in total. The predicted molar refractivity (Wildman–Crippen MR) is 52.6 cm³/mol. The minimum atomic E-state index is 0.107. The molecule has 0 aromatic carbocycles. The lowest BCUT2D eigenvalue weighted by Gasteiger charge is -2.14. The van der Waals surface area contributed by atoms with Crippen LogP contribution in [0.3, 0.4) is 0 Å². The molecule has 0 atom stereocenters. The third kappa shape index (κ3) is 1.79. The van der Waals surface area contributed by atoms with E-state index in [1.165, 1.54) is 4.88 Å². The standard InChI is InChI=1S/C9H15NOS/c1-9(2,3)8-4-6(11)7(5-10)12-8/h4,11H,5,10H2,1-3H3. The zero-order valence-corrected chi connectivity index (χ0v) is 8.53. The molecule has 68 valence electrons. The fraction of sp³-hybridized carbons (Fsp3) is 0.556. The van der Waals surface area contributed by atoms with Crippen molar-refractivity contribution in [1.82, 2.24) is 0 Å². The van der Waals surface area contributed by atoms with Gasteiger partial charge in [-0.25, -0.2) is 0 Å². The summed E-state index contributed by atoms with van der Waals surface area (Å²) in [5.74, 6) is 0.340. The van der Waals surface area contributed by atoms with Crippen molar-refractivity contribution in [3.63, 3.8) is 0 Å². The highest BCUT2D eigenvalue weighted by molar-refractivity contribution is 7.12. The maximum atomic E-state index is 9.43. The molecule has 0 spiro atoms. The predicted octanol–water partition coefficient (Wildman–Crippen LogP) is 2.21. The van der Waals surface area contributed by atoms with E-state index >= 15 is 0 Å². The monoisotopic (exact) mass is 185 g/mol. The summed E-state index contributed by atoms with van der Waals surface area (Å²) in [4.78, 5) is 2.06. The Morgan fingerprint density at radius 2 is 2.08 bits per heavy atom. The van der Waals surface area contributed by atoms with E-state index in [0.29, 0.717) is 12.3 Å². The van der Waals surface area contributed by atoms with Crippen LogP contribution in [0.5, 0.6) is 5.75 Å². The summed E-state index contributed by atoms with van der Waals surface area (Å²) in [6, 6.07) is 1.81. The van der Waals surface area contributed by atoms with Gasteiger partial charge in [-0.05, 0) is 11.5 Å². The average Bonchev–Trinajstić information content (AvgIpc) is 2.29. The first-order valence-corrected chi connectivity index (χ1v) is 4.79. The van der Waals surface area contributed by atoms with Crippen LogP contribution < -0.4 is 5.73 Å². The van der Waals surface area contributed by atoms with Crippen LogP contribution in [0.25, 0.3) is 0 Å². The van der Waals surface area contributed by atoms with E-state index in [0.717, 1.165) is 4.88 Å². The summed E-state index contributed by atoms with van der Waals surface area (Å²) in [5, 5.41) is 9.43. The lowest BCUT2D eigenvalue weighted by Crippen LogP contribution is -2.07. The Balaban J connectivity index is 3.05. The van der Waals surface area contributed by atoms with E-state index in [-0.39, 0.29) is 5.41 Å². The summed E-state index contributed by atoms with van der Waals surface area (Å²) in [5.41, 5.74) is 5.56. The molecule has 0 aliphatic heterocycles. The zero-order valence-electron chi connectivity index (χ0n) is 7.72. The maximum Gasteiger partial charge on any atom is 0.131 e. The molecule has 0 amide bonds. The zero-order chi connectivity index (χ0) is 9.35. The van der Waals surface area contributed by atoms with E-state index in [1.54, 1.807) is 11.3 Å². The van der Waals surface area contributed by atoms with Crippen LogP contribution in [0.4, 0.5) is 0 Å². The van der Waals surface area contributed by atoms with E-state index in [9.17, 15) is 5.11 Å². The molecule has 0 aliphatic rings. The summed E-state index contributed by atoms with van der Waals surface area (Å²) < 4.78 is 0. The minimum absolute atomic E-state index is 0.107. The van der Waals surface area contributed by atoms with E-state index < -0.39 is 0 Å². The van der Waals surface area contributed by atoms with Gasteiger partial charge in [0.2, 0.25) is 0 Å². The minimum Gasteiger partial charge on any atom is -0.507 e. The molecule has 0 unspecified atom stereocenters. The molecule has 0 aliphatic carbocycles. The highest BCUT2D eigenvalue weighted by Crippen LogP contribution is 2.35. The quantitative estimate of drug-likeness (QED) is 0.704. The van der Waals surface area contributed by atoms with E-state index in [1.807, 2.05) is 6.07 Å². The maximum absolute atomic E-state index is 9.43. The summed E-state index contributed by atoms with van der Waals surface area (Å²) in [6.45, 7) is 6.79. The van der Waals surface area contributed by atoms with Crippen molar-refractivity contribution in [2.24, 2.45) is 5.73 Å². The average molecular weight is 185 g/mol. The first-order valence-electron chi connectivity index (χ1n) is 3.97. The second kappa shape index (κ2) is 3.07. The first-order chi connectivity index (χ1) is 5.45. The summed E-state index contributed by atoms with van der Waals surface area (Å²) in [7, 11) is 0. The van der Waals surface area contributed by atoms with Gasteiger partial charge in [0.15, 0.2) is 0 Å². The molecule has 3 heteroatoms. The Labute approximate surface area is 77.0 Å². The van der Waals surface area contributed by atoms with Gasteiger partial charge in [-0.15, -0.1) is 11.3 Å². The molecule has 3 N–H and O–H groups in total. The summed E-state index contributed by atoms with van der Waals surface area (Å²) >= 11 is 1.59. The van der Waals surface area contributed by atoms with Crippen LogP contribution >= 0.6 is 11.3 Å². The Hall–Kier alpha value is -0.540. The van der Waals surface area contributed by atoms with Gasteiger partial charge in [-0.1, -0.05) is 20.8 Å². The number of hydrogen-bond donors (Lipinski definition) is 2. The SMILES string of the molecule is CC(C)(C)c1cc(O)c(CN)s1. The van der Waals surface area contributed by atoms with E-state index in [2.05, 4.69) is 20.8 Å². The van der Waals surface area contributed by atoms with Crippen molar-refractivity contribution in [1.29, 1.82) is 0 Å². The van der Waals surface area contributed by atoms with Gasteiger partial charge in [0, 0.05) is 11.4 Å². The molecule has 0 saturated carbocycles. The molecule has 0 saturated heterocycles. The largest absolute Gasteiger partial charge is 0.507 e. The van der Waals surface area contributed by atoms with Gasteiger partial charge in [0.05, 0.1) is 4.88 Å². The highest BCUT2D eigenvalue weighted by Gasteiger charge is 2.18. The molecule has 1 aromatic rings. The molecule has 0 fully saturated rings. The van der Waals surface area contributed by atoms with Crippen molar-refractivity contribution in [3.8, 4) is 5.75 Å². The molecular formula is C9H15NOS. The van der Waals surface area contributed by atoms with Gasteiger partial charge in [0.1, 0.15) is 5.75 Å². The topological polar surface area (TPSA) is 46.2 Å². The van der Waals surface area contributed by atoms with Crippen molar-refractivity contribution in [3.05, 3.63) is 15.8 Å². The van der Waals surface area contributed by atoms with Crippen LogP contribution in [-0.4, -0.2) is 5.11 Å². The second-order valence-electron chi connectivity index (χ2n) is 3.87. The molecule has 1 rings (SSSR count). The van der Waals surface area contributed by atoms with Gasteiger partial charge < -0.3 is 10.8 Å². The molecule has 1 heterocycles. The number of hydrogen-bond acceptors (Lipinski definition) is 3. The fourth-order valence-corrected chi connectivity index (χ4v) is 1.92. The van der Waals surface area contributed by atoms with Crippen molar-refractivity contribution in [2.75, 3.05) is 0 Å². The van der Waals surface area contributed by atoms with Crippen molar-refractivity contribution < 1.29 is 5.11 Å². The van der Waals surface area contributed by atoms with Gasteiger partial charge in [0.25, 0.3) is 0 Å². The normalized spacial score (nSPS) is 12.0. The fourth-order valence-electron chi connectivity index (χ4n) is 0.935. The lowest BCUT2D eigenvalue weighted by atomic mass is 9.95. The molecule has 1 aromatic heterocycles. The van der Waals surface area contributed by atoms with Gasteiger partial charge >= 0.3 is 0 Å². The van der Waals surface area contributed by atoms with Crippen LogP contribution in [-0.2, 0) is 12.0 Å². The first kappa shape index (κ1) is 9.55. The van der Waals surface area contributed by atoms with Gasteiger partial charge in [-0.2, -0.15) is 0 Å². The van der Waals surface area contributed by atoms with Gasteiger partial charge in [-0.3, -0.25) is 0 Å². The number of thiophene rings is 1. The van der Waals surface area contributed by atoms with Crippen molar-refractivity contribution in [2.45, 2.75) is 32.7 Å².